The van der Waals surface area contributed by atoms with Gasteiger partial charge in [0.05, 0.1) is 12.0 Å². The Kier molecular flexibility index (Phi) is 3.62. The van der Waals surface area contributed by atoms with E-state index in [4.69, 9.17) is 0 Å². The van der Waals surface area contributed by atoms with Crippen LogP contribution in [0.3, 0.4) is 0 Å². The number of benzene rings is 1. The molecular weight excluding hydrogens is 330 g/mol. The topological polar surface area (TPSA) is 45.2 Å². The Balaban J connectivity index is 1.85. The summed E-state index contributed by atoms with van der Waals surface area (Å²) in [6.45, 7) is 6.06. The molecule has 1 aromatic carbocycles. The highest BCUT2D eigenvalue weighted by atomic mass is 32.1. The van der Waals surface area contributed by atoms with Crippen LogP contribution in [0.2, 0.25) is 0 Å². The molecule has 3 heterocycles. The van der Waals surface area contributed by atoms with Crippen molar-refractivity contribution in [2.45, 2.75) is 18.9 Å². The zero-order valence-electron chi connectivity index (χ0n) is 14.2. The predicted octanol–water partition coefficient (Wildman–Crippen LogP) is 4.10. The minimum absolute atomic E-state index is 0.0778. The molecule has 1 amide bonds. The summed E-state index contributed by atoms with van der Waals surface area (Å²) >= 11 is 1.71. The van der Waals surface area contributed by atoms with Crippen molar-refractivity contribution in [1.82, 2.24) is 15.2 Å². The Morgan fingerprint density at radius 1 is 1.32 bits per heavy atom. The monoisotopic (exact) mass is 349 g/mol. The van der Waals surface area contributed by atoms with Crippen LogP contribution < -0.4 is 5.32 Å². The van der Waals surface area contributed by atoms with Crippen LogP contribution >= 0.6 is 11.3 Å². The van der Waals surface area contributed by atoms with Crippen LogP contribution in [0.15, 0.2) is 60.5 Å². The van der Waals surface area contributed by atoms with Gasteiger partial charge in [0, 0.05) is 35.3 Å². The lowest BCUT2D eigenvalue weighted by Gasteiger charge is -2.40. The largest absolute Gasteiger partial charge is 0.362 e. The number of fused-ring (bicyclic) bond motifs is 1. The third kappa shape index (κ3) is 2.51. The second-order valence-electron chi connectivity index (χ2n) is 6.61. The molecule has 2 aromatic heterocycles. The highest BCUT2D eigenvalue weighted by molar-refractivity contribution is 7.18. The van der Waals surface area contributed by atoms with Crippen LogP contribution in [0.25, 0.3) is 21.2 Å². The number of amides is 1. The fourth-order valence-corrected chi connectivity index (χ4v) is 4.66. The molecule has 0 aliphatic carbocycles. The van der Waals surface area contributed by atoms with E-state index in [9.17, 15) is 4.79 Å². The molecule has 0 bridgehead atoms. The summed E-state index contributed by atoms with van der Waals surface area (Å²) in [6.07, 6.45) is 4.07. The molecule has 5 heteroatoms. The molecule has 1 saturated heterocycles. The zero-order valence-corrected chi connectivity index (χ0v) is 15.1. The Morgan fingerprint density at radius 2 is 2.16 bits per heavy atom. The first kappa shape index (κ1) is 15.8. The number of hydrogen-bond donors (Lipinski definition) is 1. The summed E-state index contributed by atoms with van der Waals surface area (Å²) in [5.41, 5.74) is 2.96. The first-order valence-electron chi connectivity index (χ1n) is 8.14. The van der Waals surface area contributed by atoms with Crippen molar-refractivity contribution < 1.29 is 4.79 Å². The maximum absolute atomic E-state index is 12.4. The van der Waals surface area contributed by atoms with Gasteiger partial charge in [-0.25, -0.2) is 0 Å². The number of carbonyl (C=O) groups excluding carboxylic acids is 1. The SMILES string of the molecule is C=C1N[C@](C)(c2csc3c(-c4cccnc4)cccc23)CC(=O)N1C. The average Bonchev–Trinajstić information content (AvgIpc) is 3.05. The first-order valence-corrected chi connectivity index (χ1v) is 9.02. The van der Waals surface area contributed by atoms with Crippen molar-refractivity contribution in [1.29, 1.82) is 0 Å². The van der Waals surface area contributed by atoms with Crippen LogP contribution in [0, 0.1) is 0 Å². The van der Waals surface area contributed by atoms with Crippen molar-refractivity contribution in [3.63, 3.8) is 0 Å². The zero-order chi connectivity index (χ0) is 17.6. The molecule has 1 aliphatic heterocycles. The summed E-state index contributed by atoms with van der Waals surface area (Å²) in [7, 11) is 1.75. The van der Waals surface area contributed by atoms with E-state index in [-0.39, 0.29) is 5.91 Å². The maximum atomic E-state index is 12.4. The summed E-state index contributed by atoms with van der Waals surface area (Å²) < 4.78 is 1.21. The van der Waals surface area contributed by atoms with E-state index in [1.54, 1.807) is 29.5 Å². The van der Waals surface area contributed by atoms with Crippen molar-refractivity contribution in [2.24, 2.45) is 0 Å². The summed E-state index contributed by atoms with van der Waals surface area (Å²) in [4.78, 5) is 18.2. The van der Waals surface area contributed by atoms with E-state index in [1.807, 2.05) is 12.3 Å². The number of nitrogens with zero attached hydrogens (tertiary/aromatic N) is 2. The minimum Gasteiger partial charge on any atom is -0.362 e. The third-order valence-corrected chi connectivity index (χ3v) is 5.90. The van der Waals surface area contributed by atoms with Gasteiger partial charge >= 0.3 is 0 Å². The molecule has 25 heavy (non-hydrogen) atoms. The van der Waals surface area contributed by atoms with Crippen molar-refractivity contribution in [3.8, 4) is 11.1 Å². The van der Waals surface area contributed by atoms with Gasteiger partial charge in [0.1, 0.15) is 5.82 Å². The summed E-state index contributed by atoms with van der Waals surface area (Å²) in [6, 6.07) is 10.3. The molecule has 1 aliphatic rings. The van der Waals surface area contributed by atoms with E-state index in [0.29, 0.717) is 12.2 Å². The molecule has 1 fully saturated rings. The second-order valence-corrected chi connectivity index (χ2v) is 7.49. The van der Waals surface area contributed by atoms with E-state index in [1.165, 1.54) is 15.6 Å². The molecule has 0 unspecified atom stereocenters. The molecule has 1 atom stereocenters. The Hall–Kier alpha value is -2.66. The van der Waals surface area contributed by atoms with Crippen LogP contribution in [-0.4, -0.2) is 22.8 Å². The van der Waals surface area contributed by atoms with Gasteiger partial charge < -0.3 is 10.2 Å². The molecule has 0 spiro atoms. The normalized spacial score (nSPS) is 20.8. The highest BCUT2D eigenvalue weighted by Crippen LogP contribution is 2.41. The average molecular weight is 349 g/mol. The number of thiophene rings is 1. The molecule has 0 saturated carbocycles. The first-order chi connectivity index (χ1) is 12.0. The molecule has 4 nitrogen and oxygen atoms in total. The molecule has 126 valence electrons. The van der Waals surface area contributed by atoms with Crippen molar-refractivity contribution in [2.75, 3.05) is 7.05 Å². The fourth-order valence-electron chi connectivity index (χ4n) is 3.41. The lowest BCUT2D eigenvalue weighted by atomic mass is 9.85. The predicted molar refractivity (Wildman–Crippen MR) is 102 cm³/mol. The number of carbonyl (C=O) groups is 1. The van der Waals surface area contributed by atoms with Crippen LogP contribution in [0.4, 0.5) is 0 Å². The van der Waals surface area contributed by atoms with Gasteiger partial charge in [-0.05, 0) is 29.3 Å². The smallest absolute Gasteiger partial charge is 0.230 e. The molecule has 4 rings (SSSR count). The summed E-state index contributed by atoms with van der Waals surface area (Å²) in [5.74, 6) is 0.718. The van der Waals surface area contributed by atoms with E-state index in [0.717, 1.165) is 11.1 Å². The van der Waals surface area contributed by atoms with E-state index >= 15 is 0 Å². The molecule has 3 aromatic rings. The van der Waals surface area contributed by atoms with Crippen LogP contribution in [0.5, 0.6) is 0 Å². The quantitative estimate of drug-likeness (QED) is 0.757. The second kappa shape index (κ2) is 5.70. The number of hydrogen-bond acceptors (Lipinski definition) is 4. The standard InChI is InChI=1S/C20H19N3OS/c1-13-22-20(2,10-18(24)23(13)3)17-12-25-19-15(7-4-8-16(17)19)14-6-5-9-21-11-14/h4-9,11-12,22H,1,10H2,2-3H3/t20-/m0/s1. The van der Waals surface area contributed by atoms with Gasteiger partial charge in [-0.1, -0.05) is 30.8 Å². The Labute approximate surface area is 150 Å². The molecule has 1 N–H and O–H groups in total. The van der Waals surface area contributed by atoms with Gasteiger partial charge in [0.15, 0.2) is 0 Å². The van der Waals surface area contributed by atoms with Gasteiger partial charge in [-0.15, -0.1) is 11.3 Å². The summed E-state index contributed by atoms with van der Waals surface area (Å²) in [5, 5.41) is 6.76. The number of nitrogens with one attached hydrogen (secondary N) is 1. The number of rotatable bonds is 2. The highest BCUT2D eigenvalue weighted by Gasteiger charge is 2.38. The minimum atomic E-state index is -0.452. The lowest BCUT2D eigenvalue weighted by molar-refractivity contribution is -0.132. The fraction of sp³-hybridized carbons (Fsp3) is 0.200. The van der Waals surface area contributed by atoms with Crippen LogP contribution in [-0.2, 0) is 10.3 Å². The maximum Gasteiger partial charge on any atom is 0.230 e. The Bertz CT molecular complexity index is 959. The van der Waals surface area contributed by atoms with E-state index < -0.39 is 5.54 Å². The van der Waals surface area contributed by atoms with Gasteiger partial charge in [-0.3, -0.25) is 9.78 Å². The number of pyridine rings is 1. The van der Waals surface area contributed by atoms with Gasteiger partial charge in [0.25, 0.3) is 0 Å². The molecular formula is C20H19N3OS. The third-order valence-electron chi connectivity index (χ3n) is 4.87. The van der Waals surface area contributed by atoms with Crippen molar-refractivity contribution in [3.05, 3.63) is 66.1 Å². The van der Waals surface area contributed by atoms with Gasteiger partial charge in [0.2, 0.25) is 5.91 Å². The molecule has 0 radical (unpaired) electrons. The van der Waals surface area contributed by atoms with Crippen molar-refractivity contribution >= 4 is 27.3 Å². The van der Waals surface area contributed by atoms with E-state index in [2.05, 4.69) is 53.4 Å². The lowest BCUT2D eigenvalue weighted by Crippen LogP contribution is -2.52. The van der Waals surface area contributed by atoms with Crippen LogP contribution in [0.1, 0.15) is 18.9 Å². The van der Waals surface area contributed by atoms with Gasteiger partial charge in [-0.2, -0.15) is 0 Å². The number of aromatic nitrogens is 1. The Morgan fingerprint density at radius 3 is 2.88 bits per heavy atom.